The number of nitrogens with one attached hydrogen (secondary N) is 1. The van der Waals surface area contributed by atoms with Crippen LogP contribution in [0.3, 0.4) is 0 Å². The van der Waals surface area contributed by atoms with Gasteiger partial charge in [-0.25, -0.2) is 8.42 Å². The van der Waals surface area contributed by atoms with Crippen LogP contribution in [-0.4, -0.2) is 44.3 Å². The van der Waals surface area contributed by atoms with Gasteiger partial charge in [-0.1, -0.05) is 77.6 Å². The van der Waals surface area contributed by atoms with Crippen molar-refractivity contribution in [2.45, 2.75) is 57.5 Å². The molecular formula is C30H35BrClN3O4S. The van der Waals surface area contributed by atoms with Crippen molar-refractivity contribution in [1.29, 1.82) is 0 Å². The average Bonchev–Trinajstić information content (AvgIpc) is 2.93. The number of halogens is 2. The summed E-state index contributed by atoms with van der Waals surface area (Å²) in [4.78, 5) is 28.8. The summed E-state index contributed by atoms with van der Waals surface area (Å²) in [6, 6.07) is 19.5. The van der Waals surface area contributed by atoms with E-state index in [1.54, 1.807) is 60.7 Å². The van der Waals surface area contributed by atoms with E-state index in [4.69, 9.17) is 11.6 Å². The number of anilines is 1. The molecule has 0 aliphatic heterocycles. The molecule has 0 fully saturated rings. The van der Waals surface area contributed by atoms with E-state index in [2.05, 4.69) is 21.2 Å². The minimum atomic E-state index is -4.11. The summed E-state index contributed by atoms with van der Waals surface area (Å²) in [5, 5.41) is 3.48. The molecule has 0 bridgehead atoms. The number of rotatable bonds is 13. The molecule has 10 heteroatoms. The molecule has 3 aromatic carbocycles. The fourth-order valence-electron chi connectivity index (χ4n) is 4.19. The van der Waals surface area contributed by atoms with Crippen molar-refractivity contribution in [2.75, 3.05) is 17.4 Å². The van der Waals surface area contributed by atoms with Crippen molar-refractivity contribution in [2.24, 2.45) is 0 Å². The molecule has 40 heavy (non-hydrogen) atoms. The van der Waals surface area contributed by atoms with E-state index in [0.29, 0.717) is 23.7 Å². The van der Waals surface area contributed by atoms with Gasteiger partial charge in [-0.3, -0.25) is 13.9 Å². The van der Waals surface area contributed by atoms with E-state index in [1.807, 2.05) is 20.8 Å². The fourth-order valence-corrected chi connectivity index (χ4v) is 5.99. The zero-order chi connectivity index (χ0) is 29.3. The quantitative estimate of drug-likeness (QED) is 0.220. The van der Waals surface area contributed by atoms with Crippen LogP contribution in [0.4, 0.5) is 5.69 Å². The molecule has 2 amide bonds. The molecule has 1 atom stereocenters. The minimum absolute atomic E-state index is 0.0717. The van der Waals surface area contributed by atoms with Gasteiger partial charge < -0.3 is 10.2 Å². The first-order valence-corrected chi connectivity index (χ1v) is 15.8. The summed E-state index contributed by atoms with van der Waals surface area (Å²) in [7, 11) is -4.11. The number of benzene rings is 3. The molecule has 0 unspecified atom stereocenters. The Kier molecular flexibility index (Phi) is 11.6. The van der Waals surface area contributed by atoms with E-state index >= 15 is 0 Å². The highest BCUT2D eigenvalue weighted by molar-refractivity contribution is 9.10. The predicted octanol–water partition coefficient (Wildman–Crippen LogP) is 6.33. The molecule has 3 rings (SSSR count). The molecule has 0 aromatic heterocycles. The Hall–Kier alpha value is -2.88. The molecule has 0 heterocycles. The molecule has 0 saturated carbocycles. The lowest BCUT2D eigenvalue weighted by molar-refractivity contribution is -0.140. The third-order valence-electron chi connectivity index (χ3n) is 6.48. The van der Waals surface area contributed by atoms with Gasteiger partial charge in [0, 0.05) is 22.6 Å². The van der Waals surface area contributed by atoms with E-state index < -0.39 is 28.5 Å². The molecule has 0 radical (unpaired) electrons. The highest BCUT2D eigenvalue weighted by Crippen LogP contribution is 2.26. The topological polar surface area (TPSA) is 86.8 Å². The van der Waals surface area contributed by atoms with Gasteiger partial charge in [-0.2, -0.15) is 0 Å². The fraction of sp³-hybridized carbons (Fsp3) is 0.333. The van der Waals surface area contributed by atoms with Gasteiger partial charge in [0.1, 0.15) is 12.6 Å². The Morgan fingerprint density at radius 2 is 1.57 bits per heavy atom. The Balaban J connectivity index is 2.02. The zero-order valence-corrected chi connectivity index (χ0v) is 26.1. The summed E-state index contributed by atoms with van der Waals surface area (Å²) in [5.41, 5.74) is 2.03. The molecule has 3 aromatic rings. The second-order valence-corrected chi connectivity index (χ2v) is 12.7. The molecule has 1 N–H and O–H groups in total. The van der Waals surface area contributed by atoms with Crippen molar-refractivity contribution in [3.8, 4) is 0 Å². The first-order chi connectivity index (χ1) is 19.1. The van der Waals surface area contributed by atoms with Gasteiger partial charge in [0.05, 0.1) is 10.6 Å². The number of sulfonamides is 1. The maximum atomic E-state index is 14.0. The Labute approximate surface area is 250 Å². The van der Waals surface area contributed by atoms with Crippen LogP contribution in [-0.2, 0) is 26.2 Å². The first-order valence-electron chi connectivity index (χ1n) is 13.2. The van der Waals surface area contributed by atoms with Gasteiger partial charge in [-0.05, 0) is 73.9 Å². The Morgan fingerprint density at radius 1 is 0.950 bits per heavy atom. The largest absolute Gasteiger partial charge is 0.354 e. The van der Waals surface area contributed by atoms with Gasteiger partial charge in [-0.15, -0.1) is 0 Å². The van der Waals surface area contributed by atoms with E-state index in [0.717, 1.165) is 32.7 Å². The van der Waals surface area contributed by atoms with Crippen LogP contribution in [0.1, 0.15) is 44.2 Å². The summed E-state index contributed by atoms with van der Waals surface area (Å²) in [5.74, 6) is -0.763. The number of unbranched alkanes of at least 4 members (excludes halogenated alkanes) is 1. The van der Waals surface area contributed by atoms with Crippen molar-refractivity contribution in [3.63, 3.8) is 0 Å². The number of hydrogen-bond acceptors (Lipinski definition) is 4. The molecule has 0 aliphatic rings. The van der Waals surface area contributed by atoms with Crippen molar-refractivity contribution >= 4 is 55.1 Å². The lowest BCUT2D eigenvalue weighted by Crippen LogP contribution is -2.52. The van der Waals surface area contributed by atoms with Gasteiger partial charge in [0.15, 0.2) is 0 Å². The predicted molar refractivity (Wildman–Crippen MR) is 164 cm³/mol. The summed E-state index contributed by atoms with van der Waals surface area (Å²) < 4.78 is 29.6. The zero-order valence-electron chi connectivity index (χ0n) is 22.9. The maximum Gasteiger partial charge on any atom is 0.264 e. The van der Waals surface area contributed by atoms with E-state index in [9.17, 15) is 18.0 Å². The van der Waals surface area contributed by atoms with Crippen molar-refractivity contribution in [3.05, 3.63) is 93.4 Å². The lowest BCUT2D eigenvalue weighted by atomic mass is 10.1. The molecule has 0 saturated heterocycles. The van der Waals surface area contributed by atoms with Crippen LogP contribution < -0.4 is 9.62 Å². The van der Waals surface area contributed by atoms with Crippen molar-refractivity contribution < 1.29 is 18.0 Å². The van der Waals surface area contributed by atoms with E-state index in [-0.39, 0.29) is 17.3 Å². The summed E-state index contributed by atoms with van der Waals surface area (Å²) in [6.07, 6.45) is 2.10. The van der Waals surface area contributed by atoms with Crippen LogP contribution >= 0.6 is 27.5 Å². The molecule has 214 valence electrons. The summed E-state index contributed by atoms with van der Waals surface area (Å²) >= 11 is 9.45. The number of hydrogen-bond donors (Lipinski definition) is 1. The highest BCUT2D eigenvalue weighted by Gasteiger charge is 2.33. The Morgan fingerprint density at radius 3 is 2.15 bits per heavy atom. The number of carbonyl (C=O) groups is 2. The van der Waals surface area contributed by atoms with Crippen LogP contribution in [0.25, 0.3) is 0 Å². The summed E-state index contributed by atoms with van der Waals surface area (Å²) in [6.45, 7) is 5.88. The normalized spacial score (nSPS) is 12.0. The number of carbonyl (C=O) groups excluding carboxylic acids is 2. The smallest absolute Gasteiger partial charge is 0.264 e. The number of nitrogens with zero attached hydrogens (tertiary/aromatic N) is 2. The lowest BCUT2D eigenvalue weighted by Gasteiger charge is -2.33. The minimum Gasteiger partial charge on any atom is -0.354 e. The van der Waals surface area contributed by atoms with Gasteiger partial charge in [0.2, 0.25) is 11.8 Å². The number of aryl methyl sites for hydroxylation is 1. The monoisotopic (exact) mass is 647 g/mol. The second-order valence-electron chi connectivity index (χ2n) is 9.52. The third-order valence-corrected chi connectivity index (χ3v) is 9.05. The first kappa shape index (κ1) is 31.6. The number of amides is 2. The van der Waals surface area contributed by atoms with Crippen LogP contribution in [0.2, 0.25) is 5.02 Å². The van der Waals surface area contributed by atoms with Gasteiger partial charge in [0.25, 0.3) is 10.0 Å². The van der Waals surface area contributed by atoms with E-state index in [1.165, 1.54) is 17.0 Å². The van der Waals surface area contributed by atoms with Crippen molar-refractivity contribution in [1.82, 2.24) is 10.2 Å². The average molecular weight is 649 g/mol. The van der Waals surface area contributed by atoms with Gasteiger partial charge >= 0.3 is 0 Å². The Bertz CT molecular complexity index is 1380. The highest BCUT2D eigenvalue weighted by atomic mass is 79.9. The SMILES string of the molecule is CCCCNC(=O)[C@@H](CC)N(Cc1ccc(Cl)cc1)C(=O)CN(c1ccc(Br)cc1)S(=O)(=O)c1ccc(C)cc1. The molecule has 7 nitrogen and oxygen atoms in total. The molecule has 0 aliphatic carbocycles. The van der Waals surface area contributed by atoms with Crippen LogP contribution in [0.5, 0.6) is 0 Å². The molecular weight excluding hydrogens is 614 g/mol. The second kappa shape index (κ2) is 14.7. The standard InChI is InChI=1S/C30H35BrClN3O4S/c1-4-6-19-33-30(37)28(5-2)34(20-23-9-13-25(32)14-10-23)29(36)21-35(26-15-11-24(31)12-16-26)40(38,39)27-17-7-22(3)8-18-27/h7-18,28H,4-6,19-21H2,1-3H3,(H,33,37)/t28-/m1/s1. The third kappa shape index (κ3) is 8.32. The molecule has 0 spiro atoms. The van der Waals surface area contributed by atoms with Crippen LogP contribution in [0, 0.1) is 6.92 Å². The van der Waals surface area contributed by atoms with Crippen LogP contribution in [0.15, 0.2) is 82.2 Å². The maximum absolute atomic E-state index is 14.0.